The molecule has 3 heterocycles. The molecule has 0 radical (unpaired) electrons. The molecule has 142 valence electrons. The SMILES string of the molecule is OC[C@H]1O[C@@H](n2cnc3c(NCc4ccc(F)cc4)ncnc32)C(O)[C@H]1O. The number of anilines is 1. The number of hydrogen-bond acceptors (Lipinski definition) is 8. The summed E-state index contributed by atoms with van der Waals surface area (Å²) in [7, 11) is 0. The Hall–Kier alpha value is -2.66. The largest absolute Gasteiger partial charge is 0.394 e. The Morgan fingerprint density at radius 2 is 1.89 bits per heavy atom. The number of imidazole rings is 1. The van der Waals surface area contributed by atoms with E-state index >= 15 is 0 Å². The molecule has 0 amide bonds. The van der Waals surface area contributed by atoms with Crippen molar-refractivity contribution >= 4 is 17.0 Å². The summed E-state index contributed by atoms with van der Waals surface area (Å²) in [5.41, 5.74) is 1.73. The summed E-state index contributed by atoms with van der Waals surface area (Å²) in [4.78, 5) is 12.6. The summed E-state index contributed by atoms with van der Waals surface area (Å²) >= 11 is 0. The lowest BCUT2D eigenvalue weighted by Gasteiger charge is -2.16. The van der Waals surface area contributed by atoms with Crippen LogP contribution in [-0.4, -0.2) is 59.8 Å². The maximum absolute atomic E-state index is 13.0. The third kappa shape index (κ3) is 3.23. The fourth-order valence-corrected chi connectivity index (χ4v) is 3.07. The standard InChI is InChI=1S/C17H18FN5O4/c18-10-3-1-9(2-4-10)5-19-15-12-16(21-7-20-15)23(8-22-12)17-14(26)13(25)11(6-24)27-17/h1-4,7-8,11,13-14,17,24-26H,5-6H2,(H,19,20,21)/t11-,13+,14?,17-/m1/s1. The highest BCUT2D eigenvalue weighted by Gasteiger charge is 2.44. The van der Waals surface area contributed by atoms with E-state index in [1.807, 2.05) is 0 Å². The zero-order valence-electron chi connectivity index (χ0n) is 14.1. The molecule has 4 N–H and O–H groups in total. The van der Waals surface area contributed by atoms with Crippen LogP contribution in [0.2, 0.25) is 0 Å². The second-order valence-corrected chi connectivity index (χ2v) is 6.26. The highest BCUT2D eigenvalue weighted by atomic mass is 19.1. The number of fused-ring (bicyclic) bond motifs is 1. The van der Waals surface area contributed by atoms with Gasteiger partial charge in [-0.15, -0.1) is 0 Å². The maximum Gasteiger partial charge on any atom is 0.167 e. The quantitative estimate of drug-likeness (QED) is 0.498. The first-order valence-corrected chi connectivity index (χ1v) is 8.37. The van der Waals surface area contributed by atoms with Gasteiger partial charge in [0.2, 0.25) is 0 Å². The average molecular weight is 375 g/mol. The zero-order chi connectivity index (χ0) is 19.0. The fourth-order valence-electron chi connectivity index (χ4n) is 3.07. The number of ether oxygens (including phenoxy) is 1. The third-order valence-electron chi connectivity index (χ3n) is 4.52. The summed E-state index contributed by atoms with van der Waals surface area (Å²) in [6.45, 7) is -0.00603. The van der Waals surface area contributed by atoms with Crippen molar-refractivity contribution < 1.29 is 24.4 Å². The summed E-state index contributed by atoms with van der Waals surface area (Å²) in [5, 5.41) is 32.5. The van der Waals surface area contributed by atoms with E-state index in [2.05, 4.69) is 20.3 Å². The van der Waals surface area contributed by atoms with Crippen molar-refractivity contribution in [3.8, 4) is 0 Å². The number of nitrogens with one attached hydrogen (secondary N) is 1. The number of rotatable bonds is 5. The number of hydrogen-bond donors (Lipinski definition) is 4. The van der Waals surface area contributed by atoms with Crippen LogP contribution in [0.1, 0.15) is 11.8 Å². The van der Waals surface area contributed by atoms with E-state index in [9.17, 15) is 19.7 Å². The molecule has 27 heavy (non-hydrogen) atoms. The van der Waals surface area contributed by atoms with Gasteiger partial charge in [0.15, 0.2) is 23.2 Å². The summed E-state index contributed by atoms with van der Waals surface area (Å²) in [5.74, 6) is 0.162. The van der Waals surface area contributed by atoms with Crippen LogP contribution >= 0.6 is 0 Å². The van der Waals surface area contributed by atoms with Gasteiger partial charge < -0.3 is 25.4 Å². The van der Waals surface area contributed by atoms with Crippen molar-refractivity contribution in [3.05, 3.63) is 48.3 Å². The van der Waals surface area contributed by atoms with Crippen LogP contribution in [0.25, 0.3) is 11.2 Å². The Morgan fingerprint density at radius 1 is 1.11 bits per heavy atom. The smallest absolute Gasteiger partial charge is 0.167 e. The molecule has 1 aliphatic rings. The molecule has 0 bridgehead atoms. The molecule has 4 atom stereocenters. The first kappa shape index (κ1) is 17.7. The Morgan fingerprint density at radius 3 is 2.59 bits per heavy atom. The molecular formula is C17H18FN5O4. The van der Waals surface area contributed by atoms with Crippen molar-refractivity contribution in [2.24, 2.45) is 0 Å². The number of halogens is 1. The number of aromatic nitrogens is 4. The molecule has 4 rings (SSSR count). The van der Waals surface area contributed by atoms with E-state index in [0.29, 0.717) is 23.5 Å². The monoisotopic (exact) mass is 375 g/mol. The summed E-state index contributed by atoms with van der Waals surface area (Å²) < 4.78 is 20.0. The molecule has 1 unspecified atom stereocenters. The molecule has 10 heteroatoms. The van der Waals surface area contributed by atoms with Gasteiger partial charge in [-0.3, -0.25) is 4.57 Å². The van der Waals surface area contributed by atoms with Gasteiger partial charge in [0.1, 0.15) is 30.5 Å². The molecule has 9 nitrogen and oxygen atoms in total. The Labute approximate surface area is 153 Å². The maximum atomic E-state index is 13.0. The van der Waals surface area contributed by atoms with Crippen molar-refractivity contribution in [1.29, 1.82) is 0 Å². The lowest BCUT2D eigenvalue weighted by molar-refractivity contribution is -0.0511. The molecule has 3 aromatic rings. The lowest BCUT2D eigenvalue weighted by Crippen LogP contribution is -2.33. The minimum absolute atomic E-state index is 0.305. The molecule has 1 saturated heterocycles. The van der Waals surface area contributed by atoms with Crippen LogP contribution < -0.4 is 5.32 Å². The second kappa shape index (κ2) is 7.16. The number of benzene rings is 1. The van der Waals surface area contributed by atoms with Crippen LogP contribution in [-0.2, 0) is 11.3 Å². The van der Waals surface area contributed by atoms with E-state index in [1.165, 1.54) is 29.4 Å². The van der Waals surface area contributed by atoms with Gasteiger partial charge >= 0.3 is 0 Å². The van der Waals surface area contributed by atoms with E-state index in [-0.39, 0.29) is 5.82 Å². The highest BCUT2D eigenvalue weighted by molar-refractivity contribution is 5.82. The van der Waals surface area contributed by atoms with Gasteiger partial charge in [0.05, 0.1) is 12.9 Å². The first-order valence-electron chi connectivity index (χ1n) is 8.37. The predicted molar refractivity (Wildman–Crippen MR) is 92.1 cm³/mol. The zero-order valence-corrected chi connectivity index (χ0v) is 14.1. The van der Waals surface area contributed by atoms with Gasteiger partial charge in [0.25, 0.3) is 0 Å². The van der Waals surface area contributed by atoms with E-state index in [4.69, 9.17) is 4.74 Å². The van der Waals surface area contributed by atoms with Crippen molar-refractivity contribution in [2.75, 3.05) is 11.9 Å². The molecule has 0 aliphatic carbocycles. The average Bonchev–Trinajstić information content (AvgIpc) is 3.23. The fraction of sp³-hybridized carbons (Fsp3) is 0.353. The van der Waals surface area contributed by atoms with Crippen LogP contribution in [0, 0.1) is 5.82 Å². The highest BCUT2D eigenvalue weighted by Crippen LogP contribution is 2.32. The normalized spacial score (nSPS) is 25.2. The van der Waals surface area contributed by atoms with Crippen molar-refractivity contribution in [2.45, 2.75) is 31.1 Å². The van der Waals surface area contributed by atoms with Gasteiger partial charge in [-0.25, -0.2) is 19.3 Å². The Bertz CT molecular complexity index is 935. The topological polar surface area (TPSA) is 126 Å². The van der Waals surface area contributed by atoms with Crippen LogP contribution in [0.3, 0.4) is 0 Å². The van der Waals surface area contributed by atoms with E-state index in [1.54, 1.807) is 12.1 Å². The number of aliphatic hydroxyl groups excluding tert-OH is 3. The minimum Gasteiger partial charge on any atom is -0.394 e. The minimum atomic E-state index is -1.23. The summed E-state index contributed by atoms with van der Waals surface area (Å²) in [6.07, 6.45) is -1.49. The lowest BCUT2D eigenvalue weighted by atomic mass is 10.1. The number of nitrogens with zero attached hydrogens (tertiary/aromatic N) is 4. The van der Waals surface area contributed by atoms with Gasteiger partial charge in [-0.05, 0) is 17.7 Å². The third-order valence-corrected chi connectivity index (χ3v) is 4.52. The molecular weight excluding hydrogens is 357 g/mol. The van der Waals surface area contributed by atoms with Crippen LogP contribution in [0.15, 0.2) is 36.9 Å². The Balaban J connectivity index is 1.59. The number of aliphatic hydroxyl groups is 3. The molecule has 1 aliphatic heterocycles. The van der Waals surface area contributed by atoms with E-state index in [0.717, 1.165) is 5.56 Å². The molecule has 1 aromatic carbocycles. The second-order valence-electron chi connectivity index (χ2n) is 6.26. The molecule has 0 spiro atoms. The van der Waals surface area contributed by atoms with Crippen LogP contribution in [0.4, 0.5) is 10.2 Å². The van der Waals surface area contributed by atoms with Gasteiger partial charge in [-0.1, -0.05) is 12.1 Å². The van der Waals surface area contributed by atoms with Gasteiger partial charge in [0, 0.05) is 6.54 Å². The first-order chi connectivity index (χ1) is 13.1. The van der Waals surface area contributed by atoms with Crippen LogP contribution in [0.5, 0.6) is 0 Å². The van der Waals surface area contributed by atoms with Crippen molar-refractivity contribution in [3.63, 3.8) is 0 Å². The molecule has 2 aromatic heterocycles. The Kier molecular flexibility index (Phi) is 4.70. The predicted octanol–water partition coefficient (Wildman–Crippen LogP) is 0.189. The summed E-state index contributed by atoms with van der Waals surface area (Å²) in [6, 6.07) is 6.09. The van der Waals surface area contributed by atoms with Crippen molar-refractivity contribution in [1.82, 2.24) is 19.5 Å². The van der Waals surface area contributed by atoms with E-state index < -0.39 is 31.1 Å². The molecule has 1 fully saturated rings. The van der Waals surface area contributed by atoms with Gasteiger partial charge in [-0.2, -0.15) is 0 Å². The molecule has 0 saturated carbocycles.